The van der Waals surface area contributed by atoms with Crippen LogP contribution in [0.3, 0.4) is 0 Å². The van der Waals surface area contributed by atoms with Crippen molar-refractivity contribution in [3.8, 4) is 0 Å². The second kappa shape index (κ2) is 7.13. The van der Waals surface area contributed by atoms with Crippen molar-refractivity contribution in [1.29, 1.82) is 0 Å². The summed E-state index contributed by atoms with van der Waals surface area (Å²) in [5.41, 5.74) is 8.11. The van der Waals surface area contributed by atoms with Crippen molar-refractivity contribution in [3.63, 3.8) is 0 Å². The number of hydrogen-bond acceptors (Lipinski definition) is 3. The number of nitrogens with zero attached hydrogens (tertiary/aromatic N) is 1. The Morgan fingerprint density at radius 3 is 2.39 bits per heavy atom. The first kappa shape index (κ1) is 14.7. The fourth-order valence-electron chi connectivity index (χ4n) is 1.77. The van der Waals surface area contributed by atoms with E-state index in [1.807, 2.05) is 12.1 Å². The van der Waals surface area contributed by atoms with Gasteiger partial charge >= 0.3 is 0 Å². The molecule has 1 amide bonds. The van der Waals surface area contributed by atoms with Crippen LogP contribution >= 0.6 is 0 Å². The molecule has 0 fully saturated rings. The monoisotopic (exact) mass is 250 g/mol. The van der Waals surface area contributed by atoms with Crippen molar-refractivity contribution < 1.29 is 9.53 Å². The number of hydrogen-bond donors (Lipinski definition) is 1. The average Bonchev–Trinajstić information content (AvgIpc) is 2.39. The van der Waals surface area contributed by atoms with E-state index in [2.05, 4.69) is 19.1 Å². The highest BCUT2D eigenvalue weighted by Gasteiger charge is 2.17. The first-order valence-corrected chi connectivity index (χ1v) is 6.15. The Kier molecular flexibility index (Phi) is 5.82. The number of benzene rings is 1. The van der Waals surface area contributed by atoms with E-state index in [4.69, 9.17) is 10.5 Å². The molecule has 0 saturated carbocycles. The van der Waals surface area contributed by atoms with Gasteiger partial charge in [0.15, 0.2) is 0 Å². The van der Waals surface area contributed by atoms with E-state index in [1.54, 1.807) is 11.9 Å². The molecular weight excluding hydrogens is 228 g/mol. The van der Waals surface area contributed by atoms with Crippen molar-refractivity contribution in [2.24, 2.45) is 5.73 Å². The number of nitrogens with two attached hydrogens (primary N) is 1. The van der Waals surface area contributed by atoms with Crippen LogP contribution in [0.4, 0.5) is 0 Å². The third kappa shape index (κ3) is 4.13. The molecule has 0 aliphatic carbocycles. The lowest BCUT2D eigenvalue weighted by Gasteiger charge is -2.21. The van der Waals surface area contributed by atoms with Gasteiger partial charge in [0.2, 0.25) is 5.91 Å². The van der Waals surface area contributed by atoms with E-state index in [0.29, 0.717) is 6.54 Å². The molecule has 0 aliphatic heterocycles. The van der Waals surface area contributed by atoms with Crippen LogP contribution in [0.1, 0.15) is 18.1 Å². The molecule has 0 aliphatic rings. The molecular formula is C14H22N2O2. The minimum Gasteiger partial charge on any atom is -0.383 e. The van der Waals surface area contributed by atoms with E-state index in [9.17, 15) is 4.79 Å². The van der Waals surface area contributed by atoms with Crippen LogP contribution in [-0.2, 0) is 22.5 Å². The Hall–Kier alpha value is -1.39. The van der Waals surface area contributed by atoms with Gasteiger partial charge in [-0.3, -0.25) is 4.79 Å². The zero-order valence-corrected chi connectivity index (χ0v) is 11.3. The summed E-state index contributed by atoms with van der Waals surface area (Å²) in [6, 6.07) is 7.68. The van der Waals surface area contributed by atoms with Crippen LogP contribution in [0.2, 0.25) is 0 Å². The van der Waals surface area contributed by atoms with Crippen molar-refractivity contribution in [1.82, 2.24) is 4.90 Å². The van der Waals surface area contributed by atoms with E-state index in [1.165, 1.54) is 12.7 Å². The van der Waals surface area contributed by atoms with Crippen LogP contribution in [0, 0.1) is 0 Å². The third-order valence-corrected chi connectivity index (χ3v) is 2.89. The lowest BCUT2D eigenvalue weighted by Crippen LogP contribution is -2.44. The summed E-state index contributed by atoms with van der Waals surface area (Å²) in [6.45, 7) is 2.94. The quantitative estimate of drug-likeness (QED) is 0.825. The molecule has 2 N–H and O–H groups in total. The minimum atomic E-state index is -0.588. The topological polar surface area (TPSA) is 55.6 Å². The molecule has 0 radical (unpaired) electrons. The number of ether oxygens (including phenoxy) is 1. The summed E-state index contributed by atoms with van der Waals surface area (Å²) in [6.07, 6.45) is 1.02. The summed E-state index contributed by atoms with van der Waals surface area (Å²) in [5, 5.41) is 0. The molecule has 1 aromatic rings. The molecule has 1 aromatic carbocycles. The lowest BCUT2D eigenvalue weighted by molar-refractivity contribution is -0.132. The van der Waals surface area contributed by atoms with Gasteiger partial charge in [0.1, 0.15) is 6.04 Å². The predicted octanol–water partition coefficient (Wildman–Crippen LogP) is 1.18. The first-order chi connectivity index (χ1) is 8.58. The highest BCUT2D eigenvalue weighted by Crippen LogP contribution is 2.08. The molecule has 1 atom stereocenters. The number of carbonyl (C=O) groups is 1. The van der Waals surface area contributed by atoms with E-state index >= 15 is 0 Å². The van der Waals surface area contributed by atoms with E-state index in [-0.39, 0.29) is 12.5 Å². The van der Waals surface area contributed by atoms with Crippen LogP contribution < -0.4 is 5.73 Å². The van der Waals surface area contributed by atoms with Gasteiger partial charge < -0.3 is 15.4 Å². The Bertz CT molecular complexity index is 376. The molecule has 1 unspecified atom stereocenters. The van der Waals surface area contributed by atoms with Crippen LogP contribution in [0.15, 0.2) is 24.3 Å². The number of aryl methyl sites for hydroxylation is 1. The van der Waals surface area contributed by atoms with Gasteiger partial charge in [-0.25, -0.2) is 0 Å². The van der Waals surface area contributed by atoms with Gasteiger partial charge in [0, 0.05) is 20.7 Å². The molecule has 4 nitrogen and oxygen atoms in total. The standard InChI is InChI=1S/C14H22N2O2/c1-4-11-5-7-12(8-6-11)9-16(2)14(17)13(15)10-18-3/h5-8,13H,4,9-10,15H2,1-3H3. The van der Waals surface area contributed by atoms with Crippen LogP contribution in [0.25, 0.3) is 0 Å². The van der Waals surface area contributed by atoms with Gasteiger partial charge in [0.25, 0.3) is 0 Å². The highest BCUT2D eigenvalue weighted by molar-refractivity contribution is 5.81. The normalized spacial score (nSPS) is 12.2. The highest BCUT2D eigenvalue weighted by atomic mass is 16.5. The molecule has 100 valence electrons. The largest absolute Gasteiger partial charge is 0.383 e. The summed E-state index contributed by atoms with van der Waals surface area (Å²) in [4.78, 5) is 13.5. The fraction of sp³-hybridized carbons (Fsp3) is 0.500. The van der Waals surface area contributed by atoms with Gasteiger partial charge in [-0.05, 0) is 17.5 Å². The molecule has 0 spiro atoms. The molecule has 4 heteroatoms. The summed E-state index contributed by atoms with van der Waals surface area (Å²) < 4.78 is 4.88. The van der Waals surface area contributed by atoms with Crippen molar-refractivity contribution in [3.05, 3.63) is 35.4 Å². The predicted molar refractivity (Wildman–Crippen MR) is 72.1 cm³/mol. The fourth-order valence-corrected chi connectivity index (χ4v) is 1.77. The van der Waals surface area contributed by atoms with E-state index in [0.717, 1.165) is 12.0 Å². The number of methoxy groups -OCH3 is 1. The number of rotatable bonds is 6. The van der Waals surface area contributed by atoms with Gasteiger partial charge in [-0.15, -0.1) is 0 Å². The lowest BCUT2D eigenvalue weighted by atomic mass is 10.1. The Morgan fingerprint density at radius 1 is 1.33 bits per heavy atom. The zero-order valence-electron chi connectivity index (χ0n) is 11.3. The Labute approximate surface area is 109 Å². The average molecular weight is 250 g/mol. The number of amides is 1. The number of carbonyl (C=O) groups excluding carboxylic acids is 1. The summed E-state index contributed by atoms with van der Waals surface area (Å²) in [5.74, 6) is -0.101. The third-order valence-electron chi connectivity index (χ3n) is 2.89. The minimum absolute atomic E-state index is 0.101. The second-order valence-corrected chi connectivity index (χ2v) is 4.43. The Morgan fingerprint density at radius 2 is 1.89 bits per heavy atom. The number of likely N-dealkylation sites (N-methyl/N-ethyl adjacent to an activating group) is 1. The molecule has 1 rings (SSSR count). The molecule has 0 bridgehead atoms. The maximum atomic E-state index is 11.9. The second-order valence-electron chi connectivity index (χ2n) is 4.43. The van der Waals surface area contributed by atoms with Crippen molar-refractivity contribution in [2.75, 3.05) is 20.8 Å². The van der Waals surface area contributed by atoms with Crippen LogP contribution in [0.5, 0.6) is 0 Å². The van der Waals surface area contributed by atoms with Crippen molar-refractivity contribution >= 4 is 5.91 Å². The smallest absolute Gasteiger partial charge is 0.241 e. The molecule has 0 saturated heterocycles. The van der Waals surface area contributed by atoms with Crippen molar-refractivity contribution in [2.45, 2.75) is 25.9 Å². The summed E-state index contributed by atoms with van der Waals surface area (Å²) >= 11 is 0. The Balaban J connectivity index is 2.57. The molecule has 18 heavy (non-hydrogen) atoms. The molecule has 0 heterocycles. The first-order valence-electron chi connectivity index (χ1n) is 6.15. The van der Waals surface area contributed by atoms with E-state index < -0.39 is 6.04 Å². The maximum absolute atomic E-state index is 11.9. The van der Waals surface area contributed by atoms with Crippen LogP contribution in [-0.4, -0.2) is 37.6 Å². The van der Waals surface area contributed by atoms with Gasteiger partial charge in [-0.2, -0.15) is 0 Å². The SMILES string of the molecule is CCc1ccc(CN(C)C(=O)C(N)COC)cc1. The molecule has 0 aromatic heterocycles. The summed E-state index contributed by atoms with van der Waals surface area (Å²) in [7, 11) is 3.29. The van der Waals surface area contributed by atoms with Gasteiger partial charge in [-0.1, -0.05) is 31.2 Å². The zero-order chi connectivity index (χ0) is 13.5. The van der Waals surface area contributed by atoms with Gasteiger partial charge in [0.05, 0.1) is 6.61 Å². The maximum Gasteiger partial charge on any atom is 0.241 e.